The summed E-state index contributed by atoms with van der Waals surface area (Å²) in [5.74, 6) is -0.512. The van der Waals surface area contributed by atoms with Crippen molar-refractivity contribution in [2.45, 2.75) is 6.43 Å². The zero-order valence-electron chi connectivity index (χ0n) is 9.99. The molecule has 0 saturated heterocycles. The summed E-state index contributed by atoms with van der Waals surface area (Å²) in [6, 6.07) is 5.92. The van der Waals surface area contributed by atoms with Gasteiger partial charge in [-0.1, -0.05) is 6.07 Å². The summed E-state index contributed by atoms with van der Waals surface area (Å²) in [5.41, 5.74) is -1.28. The monoisotopic (exact) mass is 278 g/mol. The number of rotatable bonds is 4. The van der Waals surface area contributed by atoms with Gasteiger partial charge in [0.1, 0.15) is 0 Å². The molecule has 1 aromatic heterocycles. The molecule has 0 fully saturated rings. The first-order valence-corrected chi connectivity index (χ1v) is 5.52. The van der Waals surface area contributed by atoms with Gasteiger partial charge in [0, 0.05) is 29.6 Å². The molecule has 0 aliphatic carbocycles. The van der Waals surface area contributed by atoms with E-state index in [1.165, 1.54) is 24.5 Å². The van der Waals surface area contributed by atoms with Crippen LogP contribution in [0.25, 0.3) is 0 Å². The highest BCUT2D eigenvalue weighted by atomic mass is 19.3. The standard InChI is InChI=1S/C13H8F2N2O3/c14-13(15)10-4-3-8(6-11(10)17(19)20)12(18)9-2-1-5-16-7-9/h1-7,13H. The van der Waals surface area contributed by atoms with Gasteiger partial charge in [-0.05, 0) is 18.2 Å². The third-order valence-corrected chi connectivity index (χ3v) is 2.65. The molecule has 0 radical (unpaired) electrons. The molecule has 2 aromatic rings. The van der Waals surface area contributed by atoms with Crippen molar-refractivity contribution in [2.24, 2.45) is 0 Å². The second-order valence-corrected chi connectivity index (χ2v) is 3.90. The Bertz CT molecular complexity index is 660. The van der Waals surface area contributed by atoms with Gasteiger partial charge in [0.2, 0.25) is 0 Å². The second-order valence-electron chi connectivity index (χ2n) is 3.90. The predicted molar refractivity (Wildman–Crippen MR) is 65.7 cm³/mol. The van der Waals surface area contributed by atoms with Crippen molar-refractivity contribution < 1.29 is 18.5 Å². The highest BCUT2D eigenvalue weighted by molar-refractivity contribution is 6.09. The lowest BCUT2D eigenvalue weighted by molar-refractivity contribution is -0.386. The summed E-state index contributed by atoms with van der Waals surface area (Å²) in [7, 11) is 0. The molecule has 0 bridgehead atoms. The number of halogens is 2. The smallest absolute Gasteiger partial charge is 0.279 e. The minimum atomic E-state index is -2.97. The van der Waals surface area contributed by atoms with Crippen LogP contribution in [0, 0.1) is 10.1 Å². The molecule has 7 heteroatoms. The molecule has 0 aliphatic heterocycles. The Morgan fingerprint density at radius 3 is 2.55 bits per heavy atom. The second kappa shape index (κ2) is 5.52. The molecular weight excluding hydrogens is 270 g/mol. The molecule has 0 amide bonds. The van der Waals surface area contributed by atoms with Crippen molar-refractivity contribution in [1.82, 2.24) is 4.98 Å². The number of nitro benzene ring substituents is 1. The third-order valence-electron chi connectivity index (χ3n) is 2.65. The fourth-order valence-corrected chi connectivity index (χ4v) is 1.69. The van der Waals surface area contributed by atoms with Crippen LogP contribution in [0.2, 0.25) is 0 Å². The maximum absolute atomic E-state index is 12.6. The van der Waals surface area contributed by atoms with Crippen LogP contribution >= 0.6 is 0 Å². The number of pyridine rings is 1. The van der Waals surface area contributed by atoms with Gasteiger partial charge in [-0.25, -0.2) is 8.78 Å². The number of carbonyl (C=O) groups is 1. The molecule has 2 rings (SSSR count). The number of hydrogen-bond acceptors (Lipinski definition) is 4. The molecule has 0 aliphatic rings. The molecule has 5 nitrogen and oxygen atoms in total. The summed E-state index contributed by atoms with van der Waals surface area (Å²) < 4.78 is 25.3. The molecule has 1 heterocycles. The number of benzene rings is 1. The molecule has 0 unspecified atom stereocenters. The van der Waals surface area contributed by atoms with Crippen LogP contribution in [0.5, 0.6) is 0 Å². The van der Waals surface area contributed by atoms with Gasteiger partial charge in [-0.15, -0.1) is 0 Å². The van der Waals surface area contributed by atoms with Crippen molar-refractivity contribution >= 4 is 11.5 Å². The van der Waals surface area contributed by atoms with E-state index >= 15 is 0 Å². The van der Waals surface area contributed by atoms with Crippen LogP contribution in [0.1, 0.15) is 27.9 Å². The molecule has 0 N–H and O–H groups in total. The van der Waals surface area contributed by atoms with Gasteiger partial charge in [0.05, 0.1) is 10.5 Å². The van der Waals surface area contributed by atoms with Crippen molar-refractivity contribution in [3.05, 3.63) is 69.5 Å². The van der Waals surface area contributed by atoms with Gasteiger partial charge >= 0.3 is 0 Å². The first kappa shape index (κ1) is 13.7. The van der Waals surface area contributed by atoms with E-state index in [1.807, 2.05) is 0 Å². The third kappa shape index (κ3) is 2.66. The number of aromatic nitrogens is 1. The highest BCUT2D eigenvalue weighted by Gasteiger charge is 2.23. The van der Waals surface area contributed by atoms with Crippen LogP contribution in [-0.2, 0) is 0 Å². The lowest BCUT2D eigenvalue weighted by Crippen LogP contribution is -2.04. The maximum Gasteiger partial charge on any atom is 0.279 e. The Morgan fingerprint density at radius 1 is 1.25 bits per heavy atom. The summed E-state index contributed by atoms with van der Waals surface area (Å²) >= 11 is 0. The average molecular weight is 278 g/mol. The predicted octanol–water partition coefficient (Wildman–Crippen LogP) is 3.16. The number of hydrogen-bond donors (Lipinski definition) is 0. The van der Waals surface area contributed by atoms with E-state index in [4.69, 9.17) is 0 Å². The van der Waals surface area contributed by atoms with Gasteiger partial charge in [-0.3, -0.25) is 19.9 Å². The van der Waals surface area contributed by atoms with E-state index in [2.05, 4.69) is 4.98 Å². The van der Waals surface area contributed by atoms with Gasteiger partial charge in [0.25, 0.3) is 12.1 Å². The summed E-state index contributed by atoms with van der Waals surface area (Å²) in [6.07, 6.45) is -0.202. The Hall–Kier alpha value is -2.70. The Kier molecular flexibility index (Phi) is 3.79. The lowest BCUT2D eigenvalue weighted by Gasteiger charge is -2.04. The summed E-state index contributed by atoms with van der Waals surface area (Å²) in [5, 5.41) is 10.8. The fraction of sp³-hybridized carbons (Fsp3) is 0.0769. The fourth-order valence-electron chi connectivity index (χ4n) is 1.69. The molecule has 0 atom stereocenters. The van der Waals surface area contributed by atoms with E-state index < -0.39 is 28.4 Å². The molecule has 0 saturated carbocycles. The van der Waals surface area contributed by atoms with Crippen molar-refractivity contribution in [1.29, 1.82) is 0 Å². The molecular formula is C13H8F2N2O3. The Labute approximate surface area is 112 Å². The number of nitrogens with zero attached hydrogens (tertiary/aromatic N) is 2. The van der Waals surface area contributed by atoms with Crippen LogP contribution in [-0.4, -0.2) is 15.7 Å². The highest BCUT2D eigenvalue weighted by Crippen LogP contribution is 2.30. The van der Waals surface area contributed by atoms with E-state index in [0.29, 0.717) is 0 Å². The molecule has 102 valence electrons. The zero-order chi connectivity index (χ0) is 14.7. The van der Waals surface area contributed by atoms with E-state index in [-0.39, 0.29) is 11.1 Å². The van der Waals surface area contributed by atoms with E-state index in [0.717, 1.165) is 18.2 Å². The zero-order valence-corrected chi connectivity index (χ0v) is 9.99. The SMILES string of the molecule is O=C(c1cccnc1)c1ccc(C(F)F)c([N+](=O)[O-])c1. The Morgan fingerprint density at radius 2 is 2.00 bits per heavy atom. The van der Waals surface area contributed by atoms with E-state index in [9.17, 15) is 23.7 Å². The number of alkyl halides is 2. The quantitative estimate of drug-likeness (QED) is 0.489. The minimum Gasteiger partial charge on any atom is -0.289 e. The van der Waals surface area contributed by atoms with Crippen LogP contribution < -0.4 is 0 Å². The van der Waals surface area contributed by atoms with Crippen LogP contribution in [0.3, 0.4) is 0 Å². The number of carbonyl (C=O) groups excluding carboxylic acids is 1. The van der Waals surface area contributed by atoms with Crippen LogP contribution in [0.15, 0.2) is 42.7 Å². The maximum atomic E-state index is 12.6. The normalized spacial score (nSPS) is 10.6. The van der Waals surface area contributed by atoms with Gasteiger partial charge in [0.15, 0.2) is 5.78 Å². The molecule has 20 heavy (non-hydrogen) atoms. The number of nitro groups is 1. The summed E-state index contributed by atoms with van der Waals surface area (Å²) in [6.45, 7) is 0. The summed E-state index contributed by atoms with van der Waals surface area (Å²) in [4.78, 5) is 25.7. The molecule has 1 aromatic carbocycles. The minimum absolute atomic E-state index is 0.0332. The van der Waals surface area contributed by atoms with Crippen LogP contribution in [0.4, 0.5) is 14.5 Å². The Balaban J connectivity index is 2.47. The van der Waals surface area contributed by atoms with Gasteiger partial charge < -0.3 is 0 Å². The first-order valence-electron chi connectivity index (χ1n) is 5.52. The number of ketones is 1. The van der Waals surface area contributed by atoms with Crippen molar-refractivity contribution in [3.8, 4) is 0 Å². The molecule has 0 spiro atoms. The average Bonchev–Trinajstić information content (AvgIpc) is 2.46. The first-order chi connectivity index (χ1) is 9.50. The van der Waals surface area contributed by atoms with E-state index in [1.54, 1.807) is 0 Å². The largest absolute Gasteiger partial charge is 0.289 e. The van der Waals surface area contributed by atoms with Crippen molar-refractivity contribution in [2.75, 3.05) is 0 Å². The topological polar surface area (TPSA) is 73.1 Å². The lowest BCUT2D eigenvalue weighted by atomic mass is 10.0. The van der Waals surface area contributed by atoms with Gasteiger partial charge in [-0.2, -0.15) is 0 Å². The van der Waals surface area contributed by atoms with Crippen molar-refractivity contribution in [3.63, 3.8) is 0 Å².